The maximum atomic E-state index is 11.7. The van der Waals surface area contributed by atoms with Gasteiger partial charge < -0.3 is 14.8 Å². The summed E-state index contributed by atoms with van der Waals surface area (Å²) in [6.07, 6.45) is 5.65. The number of carbonyl (C=O) groups is 1. The highest BCUT2D eigenvalue weighted by Crippen LogP contribution is 2.14. The van der Waals surface area contributed by atoms with Crippen molar-refractivity contribution in [2.75, 3.05) is 33.0 Å². The first-order valence-electron chi connectivity index (χ1n) is 8.29. The van der Waals surface area contributed by atoms with Crippen molar-refractivity contribution in [2.24, 2.45) is 5.92 Å². The largest absolute Gasteiger partial charge is 0.381 e. The highest BCUT2D eigenvalue weighted by Gasteiger charge is 2.13. The molecule has 1 aliphatic rings. The minimum Gasteiger partial charge on any atom is -0.381 e. The molecule has 2 rings (SSSR count). The summed E-state index contributed by atoms with van der Waals surface area (Å²) in [6, 6.07) is 4.18. The lowest BCUT2D eigenvalue weighted by molar-refractivity contribution is -0.121. The first-order valence-corrected chi connectivity index (χ1v) is 9.17. The van der Waals surface area contributed by atoms with E-state index in [0.29, 0.717) is 18.9 Å². The van der Waals surface area contributed by atoms with Crippen molar-refractivity contribution >= 4 is 17.2 Å². The highest BCUT2D eigenvalue weighted by molar-refractivity contribution is 7.09. The minimum atomic E-state index is 0.154. The first kappa shape index (κ1) is 17.4. The lowest BCUT2D eigenvalue weighted by atomic mass is 10.0. The second-order valence-electron chi connectivity index (χ2n) is 5.77. The van der Waals surface area contributed by atoms with Crippen LogP contribution in [0.4, 0.5) is 0 Å². The van der Waals surface area contributed by atoms with Crippen LogP contribution in [0.5, 0.6) is 0 Å². The third-order valence-corrected chi connectivity index (χ3v) is 4.83. The summed E-state index contributed by atoms with van der Waals surface area (Å²) in [5.41, 5.74) is 0. The van der Waals surface area contributed by atoms with Crippen LogP contribution in [0.3, 0.4) is 0 Å². The maximum Gasteiger partial charge on any atom is 0.220 e. The van der Waals surface area contributed by atoms with Crippen LogP contribution in [-0.4, -0.2) is 38.9 Å². The van der Waals surface area contributed by atoms with Gasteiger partial charge in [-0.1, -0.05) is 6.07 Å². The van der Waals surface area contributed by atoms with Crippen molar-refractivity contribution in [3.63, 3.8) is 0 Å². The Balaban J connectivity index is 1.38. The zero-order chi connectivity index (χ0) is 15.5. The molecule has 5 heteroatoms. The lowest BCUT2D eigenvalue weighted by Gasteiger charge is -2.21. The summed E-state index contributed by atoms with van der Waals surface area (Å²) >= 11 is 1.76. The topological polar surface area (TPSA) is 47.6 Å². The summed E-state index contributed by atoms with van der Waals surface area (Å²) in [4.78, 5) is 13.0. The van der Waals surface area contributed by atoms with Crippen molar-refractivity contribution < 1.29 is 14.3 Å². The van der Waals surface area contributed by atoms with Crippen molar-refractivity contribution in [3.05, 3.63) is 22.4 Å². The van der Waals surface area contributed by atoms with E-state index in [1.165, 1.54) is 4.88 Å². The molecule has 4 nitrogen and oxygen atoms in total. The number of carbonyl (C=O) groups excluding carboxylic acids is 1. The monoisotopic (exact) mass is 325 g/mol. The number of nitrogens with one attached hydrogen (secondary N) is 1. The standard InChI is InChI=1S/C17H27NO3S/c19-17(6-1-4-16-5-2-13-22-16)18-9-3-10-21-14-15-7-11-20-12-8-15/h2,5,13,15H,1,3-4,6-12,14H2,(H,18,19). The summed E-state index contributed by atoms with van der Waals surface area (Å²) in [5, 5.41) is 5.04. The number of hydrogen-bond acceptors (Lipinski definition) is 4. The zero-order valence-electron chi connectivity index (χ0n) is 13.2. The molecule has 0 unspecified atom stereocenters. The number of thiophene rings is 1. The molecule has 1 saturated heterocycles. The van der Waals surface area contributed by atoms with Gasteiger partial charge in [0.15, 0.2) is 0 Å². The van der Waals surface area contributed by atoms with Gasteiger partial charge in [-0.15, -0.1) is 11.3 Å². The Labute approximate surface area is 137 Å². The quantitative estimate of drug-likeness (QED) is 0.673. The van der Waals surface area contributed by atoms with Gasteiger partial charge in [-0.05, 0) is 49.5 Å². The van der Waals surface area contributed by atoms with E-state index in [4.69, 9.17) is 9.47 Å². The number of amides is 1. The molecule has 1 N–H and O–H groups in total. The lowest BCUT2D eigenvalue weighted by Crippen LogP contribution is -2.25. The first-order chi connectivity index (χ1) is 10.8. The fourth-order valence-electron chi connectivity index (χ4n) is 2.53. The van der Waals surface area contributed by atoms with Crippen LogP contribution in [0.25, 0.3) is 0 Å². The molecule has 1 aliphatic heterocycles. The average molecular weight is 325 g/mol. The number of hydrogen-bond donors (Lipinski definition) is 1. The van der Waals surface area contributed by atoms with Crippen LogP contribution >= 0.6 is 11.3 Å². The average Bonchev–Trinajstić information content (AvgIpc) is 3.05. The van der Waals surface area contributed by atoms with E-state index in [-0.39, 0.29) is 5.91 Å². The minimum absolute atomic E-state index is 0.154. The molecule has 0 radical (unpaired) electrons. The van der Waals surface area contributed by atoms with E-state index in [0.717, 1.165) is 58.5 Å². The second-order valence-corrected chi connectivity index (χ2v) is 6.80. The third-order valence-electron chi connectivity index (χ3n) is 3.89. The molecule has 0 saturated carbocycles. The summed E-state index contributed by atoms with van der Waals surface area (Å²) in [7, 11) is 0. The van der Waals surface area contributed by atoms with Gasteiger partial charge in [-0.25, -0.2) is 0 Å². The van der Waals surface area contributed by atoms with Crippen LogP contribution in [0.2, 0.25) is 0 Å². The van der Waals surface area contributed by atoms with Gasteiger partial charge in [0.25, 0.3) is 0 Å². The summed E-state index contributed by atoms with van der Waals surface area (Å²) in [5.74, 6) is 0.807. The second kappa shape index (κ2) is 10.8. The number of rotatable bonds is 10. The van der Waals surface area contributed by atoms with E-state index >= 15 is 0 Å². The molecular weight excluding hydrogens is 298 g/mol. The molecule has 1 fully saturated rings. The predicted octanol–water partition coefficient (Wildman–Crippen LogP) is 3.02. The molecule has 0 bridgehead atoms. The fraction of sp³-hybridized carbons (Fsp3) is 0.706. The van der Waals surface area contributed by atoms with E-state index in [9.17, 15) is 4.79 Å². The molecule has 2 heterocycles. The van der Waals surface area contributed by atoms with Crippen molar-refractivity contribution in [2.45, 2.75) is 38.5 Å². The highest BCUT2D eigenvalue weighted by atomic mass is 32.1. The fourth-order valence-corrected chi connectivity index (χ4v) is 3.28. The number of aryl methyl sites for hydroxylation is 1. The van der Waals surface area contributed by atoms with Crippen LogP contribution in [0, 0.1) is 5.92 Å². The Hall–Kier alpha value is -0.910. The van der Waals surface area contributed by atoms with Crippen LogP contribution in [0.1, 0.15) is 37.0 Å². The number of ether oxygens (including phenoxy) is 2. The van der Waals surface area contributed by atoms with Crippen LogP contribution in [0.15, 0.2) is 17.5 Å². The molecule has 1 aromatic heterocycles. The van der Waals surface area contributed by atoms with Gasteiger partial charge in [-0.2, -0.15) is 0 Å². The van der Waals surface area contributed by atoms with E-state index in [1.54, 1.807) is 11.3 Å². The molecular formula is C17H27NO3S. The third kappa shape index (κ3) is 7.38. The smallest absolute Gasteiger partial charge is 0.220 e. The molecule has 0 spiro atoms. The van der Waals surface area contributed by atoms with Gasteiger partial charge in [0.05, 0.1) is 0 Å². The van der Waals surface area contributed by atoms with Gasteiger partial charge in [0.1, 0.15) is 0 Å². The van der Waals surface area contributed by atoms with Gasteiger partial charge in [-0.3, -0.25) is 4.79 Å². The van der Waals surface area contributed by atoms with Crippen LogP contribution in [-0.2, 0) is 20.7 Å². The van der Waals surface area contributed by atoms with Gasteiger partial charge in [0, 0.05) is 44.3 Å². The van der Waals surface area contributed by atoms with E-state index < -0.39 is 0 Å². The Morgan fingerprint density at radius 1 is 1.36 bits per heavy atom. The zero-order valence-corrected chi connectivity index (χ0v) is 14.0. The molecule has 124 valence electrons. The van der Waals surface area contributed by atoms with Crippen molar-refractivity contribution in [1.82, 2.24) is 5.32 Å². The Bertz CT molecular complexity index is 402. The molecule has 1 aromatic rings. The Morgan fingerprint density at radius 2 is 2.23 bits per heavy atom. The van der Waals surface area contributed by atoms with Gasteiger partial charge in [0.2, 0.25) is 5.91 Å². The summed E-state index contributed by atoms with van der Waals surface area (Å²) in [6.45, 7) is 4.02. The maximum absolute atomic E-state index is 11.7. The van der Waals surface area contributed by atoms with E-state index in [1.807, 2.05) is 0 Å². The molecule has 0 aliphatic carbocycles. The summed E-state index contributed by atoms with van der Waals surface area (Å²) < 4.78 is 11.0. The van der Waals surface area contributed by atoms with Crippen molar-refractivity contribution in [3.8, 4) is 0 Å². The van der Waals surface area contributed by atoms with Gasteiger partial charge >= 0.3 is 0 Å². The van der Waals surface area contributed by atoms with Crippen LogP contribution < -0.4 is 5.32 Å². The normalized spacial score (nSPS) is 15.8. The SMILES string of the molecule is O=C(CCCc1cccs1)NCCCOCC1CCOCC1. The predicted molar refractivity (Wildman–Crippen MR) is 89.2 cm³/mol. The van der Waals surface area contributed by atoms with E-state index in [2.05, 4.69) is 22.8 Å². The van der Waals surface area contributed by atoms with Crippen molar-refractivity contribution in [1.29, 1.82) is 0 Å². The molecule has 0 aromatic carbocycles. The molecule has 1 amide bonds. The Kier molecular flexibility index (Phi) is 8.53. The molecule has 22 heavy (non-hydrogen) atoms. The Morgan fingerprint density at radius 3 is 3.00 bits per heavy atom. The molecule has 0 atom stereocenters.